The molecule has 3 rings (SSSR count). The number of rotatable bonds is 7. The number of H-pyrrole nitrogens is 1. The summed E-state index contributed by atoms with van der Waals surface area (Å²) >= 11 is 0. The van der Waals surface area contributed by atoms with Gasteiger partial charge in [0.05, 0.1) is 23.9 Å². The molecule has 0 spiro atoms. The Balaban J connectivity index is 1.58. The molecule has 29 heavy (non-hydrogen) atoms. The summed E-state index contributed by atoms with van der Waals surface area (Å²) in [6.07, 6.45) is -2.46. The second-order valence-electron chi connectivity index (χ2n) is 7.00. The fraction of sp³-hybridized carbons (Fsp3) is 0.500. The molecule has 0 unspecified atom stereocenters. The van der Waals surface area contributed by atoms with Gasteiger partial charge in [-0.2, -0.15) is 35.3 Å². The van der Waals surface area contributed by atoms with Crippen molar-refractivity contribution in [2.24, 2.45) is 0 Å². The number of hydrogen-bond donors (Lipinski definition) is 1. The highest BCUT2D eigenvalue weighted by atomic mass is 32.2. The van der Waals surface area contributed by atoms with E-state index in [0.29, 0.717) is 30.8 Å². The molecule has 0 radical (unpaired) electrons. The van der Waals surface area contributed by atoms with E-state index in [9.17, 15) is 21.6 Å². The zero-order valence-corrected chi connectivity index (χ0v) is 16.9. The van der Waals surface area contributed by atoms with Crippen molar-refractivity contribution in [1.82, 2.24) is 18.8 Å². The SMILES string of the molecule is CN(C)S(=O)(=O)N1CCC[C@H]1c1cc(CCOc2ccc(C(F)(F)F)cc2)[nH]n1. The summed E-state index contributed by atoms with van der Waals surface area (Å²) in [6, 6.07) is 6.01. The molecule has 1 N–H and O–H groups in total. The van der Waals surface area contributed by atoms with Crippen molar-refractivity contribution < 1.29 is 26.3 Å². The zero-order chi connectivity index (χ0) is 21.2. The number of aromatic amines is 1. The Hall–Kier alpha value is -2.11. The van der Waals surface area contributed by atoms with Crippen LogP contribution in [0.3, 0.4) is 0 Å². The number of halogens is 3. The predicted molar refractivity (Wildman–Crippen MR) is 101 cm³/mol. The lowest BCUT2D eigenvalue weighted by atomic mass is 10.1. The highest BCUT2D eigenvalue weighted by Crippen LogP contribution is 2.34. The molecule has 0 amide bonds. The van der Waals surface area contributed by atoms with Crippen molar-refractivity contribution in [3.8, 4) is 5.75 Å². The Bertz CT molecular complexity index is 927. The first-order valence-corrected chi connectivity index (χ1v) is 10.5. The third-order valence-corrected chi connectivity index (χ3v) is 6.73. The fourth-order valence-corrected chi connectivity index (χ4v) is 4.53. The van der Waals surface area contributed by atoms with Crippen LogP contribution < -0.4 is 4.74 Å². The highest BCUT2D eigenvalue weighted by molar-refractivity contribution is 7.86. The highest BCUT2D eigenvalue weighted by Gasteiger charge is 2.37. The lowest BCUT2D eigenvalue weighted by Crippen LogP contribution is -2.39. The van der Waals surface area contributed by atoms with Gasteiger partial charge < -0.3 is 4.74 Å². The summed E-state index contributed by atoms with van der Waals surface area (Å²) in [4.78, 5) is 0. The van der Waals surface area contributed by atoms with Gasteiger partial charge in [0.1, 0.15) is 5.75 Å². The molecule has 11 heteroatoms. The van der Waals surface area contributed by atoms with Gasteiger partial charge in [-0.15, -0.1) is 0 Å². The van der Waals surface area contributed by atoms with Crippen LogP contribution in [0.25, 0.3) is 0 Å². The third kappa shape index (κ3) is 4.90. The second-order valence-corrected chi connectivity index (χ2v) is 9.09. The normalized spacial score (nSPS) is 18.5. The van der Waals surface area contributed by atoms with E-state index < -0.39 is 21.9 Å². The maximum Gasteiger partial charge on any atom is 0.416 e. The average molecular weight is 432 g/mol. The number of nitrogens with zero attached hydrogens (tertiary/aromatic N) is 3. The lowest BCUT2D eigenvalue weighted by Gasteiger charge is -2.25. The topological polar surface area (TPSA) is 78.5 Å². The van der Waals surface area contributed by atoms with Gasteiger partial charge in [0, 0.05) is 32.8 Å². The van der Waals surface area contributed by atoms with E-state index in [0.717, 1.165) is 24.2 Å². The van der Waals surface area contributed by atoms with Crippen LogP contribution in [0.15, 0.2) is 30.3 Å². The van der Waals surface area contributed by atoms with Crippen LogP contribution in [0.5, 0.6) is 5.75 Å². The molecular weight excluding hydrogens is 409 g/mol. The van der Waals surface area contributed by atoms with Gasteiger partial charge in [-0.25, -0.2) is 0 Å². The smallest absolute Gasteiger partial charge is 0.416 e. The Morgan fingerprint density at radius 1 is 1.28 bits per heavy atom. The lowest BCUT2D eigenvalue weighted by molar-refractivity contribution is -0.137. The van der Waals surface area contributed by atoms with Gasteiger partial charge in [-0.1, -0.05) is 0 Å². The Labute approximate surface area is 167 Å². The van der Waals surface area contributed by atoms with Gasteiger partial charge in [0.15, 0.2) is 0 Å². The second kappa shape index (κ2) is 8.33. The van der Waals surface area contributed by atoms with Crippen LogP contribution in [0.1, 0.15) is 35.8 Å². The number of benzene rings is 1. The molecule has 1 aromatic carbocycles. The third-order valence-electron chi connectivity index (χ3n) is 4.78. The summed E-state index contributed by atoms with van der Waals surface area (Å²) in [5.74, 6) is 0.344. The van der Waals surface area contributed by atoms with Gasteiger partial charge in [0.2, 0.25) is 0 Å². The summed E-state index contributed by atoms with van der Waals surface area (Å²) in [6.45, 7) is 0.696. The fourth-order valence-electron chi connectivity index (χ4n) is 3.22. The zero-order valence-electron chi connectivity index (χ0n) is 16.1. The van der Waals surface area contributed by atoms with Crippen molar-refractivity contribution in [1.29, 1.82) is 0 Å². The number of alkyl halides is 3. The van der Waals surface area contributed by atoms with Gasteiger partial charge in [-0.3, -0.25) is 5.10 Å². The maximum absolute atomic E-state index is 12.6. The summed E-state index contributed by atoms with van der Waals surface area (Å²) < 4.78 is 70.8. The quantitative estimate of drug-likeness (QED) is 0.730. The van der Waals surface area contributed by atoms with Crippen LogP contribution in [0, 0.1) is 0 Å². The number of aromatic nitrogens is 2. The number of ether oxygens (including phenoxy) is 1. The van der Waals surface area contributed by atoms with E-state index in [1.54, 1.807) is 0 Å². The molecule has 7 nitrogen and oxygen atoms in total. The first-order chi connectivity index (χ1) is 13.6. The van der Waals surface area contributed by atoms with Gasteiger partial charge in [-0.05, 0) is 43.2 Å². The monoisotopic (exact) mass is 432 g/mol. The molecule has 1 aromatic heterocycles. The summed E-state index contributed by atoms with van der Waals surface area (Å²) in [5.41, 5.74) is 0.690. The van der Waals surface area contributed by atoms with Crippen LogP contribution >= 0.6 is 0 Å². The standard InChI is InChI=1S/C18H23F3N4O3S/c1-24(2)29(26,27)25-10-3-4-17(25)16-12-14(22-23-16)9-11-28-15-7-5-13(6-8-15)18(19,20)21/h5-8,12,17H,3-4,9-11H2,1-2H3,(H,22,23)/t17-/m0/s1. The van der Waals surface area contributed by atoms with Crippen molar-refractivity contribution in [3.63, 3.8) is 0 Å². The molecule has 1 atom stereocenters. The van der Waals surface area contributed by atoms with Crippen molar-refractivity contribution in [2.75, 3.05) is 27.2 Å². The maximum atomic E-state index is 12.6. The van der Waals surface area contributed by atoms with Gasteiger partial charge in [0.25, 0.3) is 10.2 Å². The molecule has 1 fully saturated rings. The van der Waals surface area contributed by atoms with Crippen LogP contribution in [0.4, 0.5) is 13.2 Å². The van der Waals surface area contributed by atoms with Crippen molar-refractivity contribution >= 4 is 10.2 Å². The van der Waals surface area contributed by atoms with E-state index >= 15 is 0 Å². The molecule has 1 saturated heterocycles. The number of hydrogen-bond acceptors (Lipinski definition) is 4. The molecule has 2 heterocycles. The Morgan fingerprint density at radius 2 is 1.97 bits per heavy atom. The van der Waals surface area contributed by atoms with Crippen LogP contribution in [-0.4, -0.2) is 54.5 Å². The van der Waals surface area contributed by atoms with Crippen LogP contribution in [0.2, 0.25) is 0 Å². The van der Waals surface area contributed by atoms with Crippen molar-refractivity contribution in [3.05, 3.63) is 47.3 Å². The molecule has 0 bridgehead atoms. The van der Waals surface area contributed by atoms with Crippen LogP contribution in [-0.2, 0) is 22.8 Å². The van der Waals surface area contributed by atoms with E-state index in [-0.39, 0.29) is 12.6 Å². The molecule has 0 saturated carbocycles. The van der Waals surface area contributed by atoms with E-state index in [1.807, 2.05) is 6.07 Å². The van der Waals surface area contributed by atoms with Crippen molar-refractivity contribution in [2.45, 2.75) is 31.5 Å². The Morgan fingerprint density at radius 3 is 2.59 bits per heavy atom. The summed E-state index contributed by atoms with van der Waals surface area (Å²) in [7, 11) is -0.525. The first kappa shape index (κ1) is 21.6. The number of nitrogens with one attached hydrogen (secondary N) is 1. The predicted octanol–water partition coefficient (Wildman–Crippen LogP) is 2.99. The first-order valence-electron chi connectivity index (χ1n) is 9.12. The van der Waals surface area contributed by atoms with E-state index in [2.05, 4.69) is 10.2 Å². The van der Waals surface area contributed by atoms with Gasteiger partial charge >= 0.3 is 6.18 Å². The molecule has 1 aliphatic rings. The molecule has 2 aromatic rings. The molecule has 160 valence electrons. The minimum atomic E-state index is -4.38. The average Bonchev–Trinajstić information content (AvgIpc) is 3.30. The molecule has 1 aliphatic heterocycles. The van der Waals surface area contributed by atoms with E-state index in [1.165, 1.54) is 34.8 Å². The Kier molecular flexibility index (Phi) is 6.20. The molecule has 0 aliphatic carbocycles. The summed E-state index contributed by atoms with van der Waals surface area (Å²) in [5, 5.41) is 7.14. The molecular formula is C18H23F3N4O3S. The van der Waals surface area contributed by atoms with E-state index in [4.69, 9.17) is 4.74 Å². The minimum absolute atomic E-state index is 0.247. The largest absolute Gasteiger partial charge is 0.493 e. The minimum Gasteiger partial charge on any atom is -0.493 e.